The van der Waals surface area contributed by atoms with Gasteiger partial charge in [-0.05, 0) is 12.8 Å². The van der Waals surface area contributed by atoms with E-state index in [0.717, 1.165) is 12.8 Å². The molecule has 0 aromatic carbocycles. The molecule has 0 amide bonds. The summed E-state index contributed by atoms with van der Waals surface area (Å²) in [6.07, 6.45) is 5.56. The minimum atomic E-state index is -0.754. The van der Waals surface area contributed by atoms with Crippen LogP contribution in [0.1, 0.15) is 19.3 Å². The van der Waals surface area contributed by atoms with E-state index in [1.54, 1.807) is 6.20 Å². The summed E-state index contributed by atoms with van der Waals surface area (Å²) in [6, 6.07) is -0.0751. The van der Waals surface area contributed by atoms with Crippen molar-refractivity contribution in [3.05, 3.63) is 12.4 Å². The molecule has 2 N–H and O–H groups in total. The van der Waals surface area contributed by atoms with Crippen LogP contribution in [0.4, 0.5) is 5.82 Å². The van der Waals surface area contributed by atoms with Crippen LogP contribution in [0.15, 0.2) is 12.4 Å². The Kier molecular flexibility index (Phi) is 3.41. The van der Waals surface area contributed by atoms with Gasteiger partial charge in [0, 0.05) is 6.04 Å². The Balaban J connectivity index is 2.06. The molecule has 2 unspecified atom stereocenters. The predicted molar refractivity (Wildman–Crippen MR) is 61.0 cm³/mol. The van der Waals surface area contributed by atoms with Crippen LogP contribution in [0.2, 0.25) is 0 Å². The van der Waals surface area contributed by atoms with E-state index in [1.165, 1.54) is 13.3 Å². The van der Waals surface area contributed by atoms with Crippen molar-refractivity contribution in [2.45, 2.75) is 25.3 Å². The van der Waals surface area contributed by atoms with Gasteiger partial charge in [0.2, 0.25) is 5.88 Å². The molecule has 0 radical (unpaired) electrons. The molecule has 0 saturated heterocycles. The molecule has 92 valence electrons. The Morgan fingerprint density at radius 1 is 1.53 bits per heavy atom. The quantitative estimate of drug-likeness (QED) is 0.817. The smallest absolute Gasteiger partial charge is 0.308 e. The van der Waals surface area contributed by atoms with Crippen LogP contribution in [0.25, 0.3) is 0 Å². The van der Waals surface area contributed by atoms with Gasteiger partial charge >= 0.3 is 5.97 Å². The zero-order chi connectivity index (χ0) is 12.3. The van der Waals surface area contributed by atoms with Gasteiger partial charge in [0.05, 0.1) is 25.4 Å². The number of anilines is 1. The summed E-state index contributed by atoms with van der Waals surface area (Å²) in [7, 11) is 1.52. The van der Waals surface area contributed by atoms with Gasteiger partial charge in [0.15, 0.2) is 0 Å². The molecule has 17 heavy (non-hydrogen) atoms. The summed E-state index contributed by atoms with van der Waals surface area (Å²) in [5.74, 6) is -0.124. The standard InChI is InChI=1S/C11H15N3O3/c1-17-10-6-12-5-9(14-10)13-8-4-2-3-7(8)11(15)16/h5-8H,2-4H2,1H3,(H,13,14)(H,15,16). The van der Waals surface area contributed by atoms with Crippen molar-refractivity contribution in [3.63, 3.8) is 0 Å². The summed E-state index contributed by atoms with van der Waals surface area (Å²) >= 11 is 0. The molecular weight excluding hydrogens is 222 g/mol. The molecule has 0 aliphatic heterocycles. The molecule has 2 rings (SSSR count). The molecule has 1 aromatic heterocycles. The lowest BCUT2D eigenvalue weighted by molar-refractivity contribution is -0.141. The van der Waals surface area contributed by atoms with Crippen molar-refractivity contribution >= 4 is 11.8 Å². The van der Waals surface area contributed by atoms with Crippen LogP contribution in [-0.2, 0) is 4.79 Å². The largest absolute Gasteiger partial charge is 0.481 e. The maximum atomic E-state index is 11.0. The van der Waals surface area contributed by atoms with Gasteiger partial charge < -0.3 is 15.2 Å². The SMILES string of the molecule is COc1cncc(NC2CCCC2C(=O)O)n1. The Hall–Kier alpha value is -1.85. The lowest BCUT2D eigenvalue weighted by Crippen LogP contribution is -2.30. The van der Waals surface area contributed by atoms with E-state index >= 15 is 0 Å². The van der Waals surface area contributed by atoms with Gasteiger partial charge in [-0.25, -0.2) is 0 Å². The van der Waals surface area contributed by atoms with E-state index < -0.39 is 5.97 Å². The van der Waals surface area contributed by atoms with E-state index in [9.17, 15) is 4.79 Å². The highest BCUT2D eigenvalue weighted by Gasteiger charge is 2.33. The van der Waals surface area contributed by atoms with Crippen LogP contribution < -0.4 is 10.1 Å². The van der Waals surface area contributed by atoms with Crippen molar-refractivity contribution in [1.82, 2.24) is 9.97 Å². The average Bonchev–Trinajstić information content (AvgIpc) is 2.77. The summed E-state index contributed by atoms with van der Waals surface area (Å²) in [5, 5.41) is 12.2. The summed E-state index contributed by atoms with van der Waals surface area (Å²) in [6.45, 7) is 0. The first-order chi connectivity index (χ1) is 8.20. The highest BCUT2D eigenvalue weighted by molar-refractivity contribution is 5.72. The topological polar surface area (TPSA) is 84.3 Å². The van der Waals surface area contributed by atoms with Crippen LogP contribution in [0.5, 0.6) is 5.88 Å². The predicted octanol–water partition coefficient (Wildman–Crippen LogP) is 1.15. The second kappa shape index (κ2) is 4.99. The fraction of sp³-hybridized carbons (Fsp3) is 0.545. The molecule has 1 fully saturated rings. The molecule has 6 nitrogen and oxygen atoms in total. The molecule has 2 atom stereocenters. The normalized spacial score (nSPS) is 23.4. The van der Waals surface area contributed by atoms with Gasteiger partial charge in [0.1, 0.15) is 5.82 Å². The Morgan fingerprint density at radius 3 is 3.06 bits per heavy atom. The van der Waals surface area contributed by atoms with E-state index in [0.29, 0.717) is 18.1 Å². The number of hydrogen-bond acceptors (Lipinski definition) is 5. The molecule has 1 aliphatic rings. The number of carboxylic acid groups (broad SMARTS) is 1. The monoisotopic (exact) mass is 237 g/mol. The number of aromatic nitrogens is 2. The van der Waals surface area contributed by atoms with Gasteiger partial charge in [-0.15, -0.1) is 0 Å². The molecule has 1 aromatic rings. The van der Waals surface area contributed by atoms with Gasteiger partial charge in [-0.1, -0.05) is 6.42 Å². The van der Waals surface area contributed by atoms with Gasteiger partial charge in [0.25, 0.3) is 0 Å². The molecule has 1 aliphatic carbocycles. The number of aliphatic carboxylic acids is 1. The Labute approximate surface area is 99.0 Å². The number of nitrogens with zero attached hydrogens (tertiary/aromatic N) is 2. The van der Waals surface area contributed by atoms with E-state index in [-0.39, 0.29) is 12.0 Å². The summed E-state index contributed by atoms with van der Waals surface area (Å²) < 4.78 is 4.96. The number of nitrogens with one attached hydrogen (secondary N) is 1. The van der Waals surface area contributed by atoms with E-state index in [4.69, 9.17) is 9.84 Å². The van der Waals surface area contributed by atoms with Gasteiger partial charge in [-0.2, -0.15) is 4.98 Å². The van der Waals surface area contributed by atoms with Crippen LogP contribution in [0, 0.1) is 5.92 Å². The number of rotatable bonds is 4. The molecule has 0 bridgehead atoms. The third-order valence-corrected chi connectivity index (χ3v) is 2.99. The zero-order valence-electron chi connectivity index (χ0n) is 9.59. The second-order valence-corrected chi connectivity index (χ2v) is 4.07. The number of carboxylic acids is 1. The van der Waals surface area contributed by atoms with Gasteiger partial charge in [-0.3, -0.25) is 9.78 Å². The highest BCUT2D eigenvalue weighted by Crippen LogP contribution is 2.28. The van der Waals surface area contributed by atoms with Crippen LogP contribution in [0.3, 0.4) is 0 Å². The lowest BCUT2D eigenvalue weighted by atomic mass is 10.0. The Bertz CT molecular complexity index is 411. The number of hydrogen-bond donors (Lipinski definition) is 2. The maximum absolute atomic E-state index is 11.0. The molecule has 0 spiro atoms. The second-order valence-electron chi connectivity index (χ2n) is 4.07. The minimum absolute atomic E-state index is 0.0751. The summed E-state index contributed by atoms with van der Waals surface area (Å²) in [4.78, 5) is 19.2. The summed E-state index contributed by atoms with van der Waals surface area (Å²) in [5.41, 5.74) is 0. The number of carbonyl (C=O) groups is 1. The molecule has 1 saturated carbocycles. The average molecular weight is 237 g/mol. The van der Waals surface area contributed by atoms with Crippen molar-refractivity contribution in [2.75, 3.05) is 12.4 Å². The molecule has 1 heterocycles. The van der Waals surface area contributed by atoms with E-state index in [2.05, 4.69) is 15.3 Å². The van der Waals surface area contributed by atoms with Crippen LogP contribution in [-0.4, -0.2) is 34.2 Å². The zero-order valence-corrected chi connectivity index (χ0v) is 9.59. The molecule has 6 heteroatoms. The molecular formula is C11H15N3O3. The Morgan fingerprint density at radius 2 is 2.35 bits per heavy atom. The highest BCUT2D eigenvalue weighted by atomic mass is 16.5. The van der Waals surface area contributed by atoms with Crippen molar-refractivity contribution in [1.29, 1.82) is 0 Å². The number of ether oxygens (including phenoxy) is 1. The van der Waals surface area contributed by atoms with Crippen molar-refractivity contribution < 1.29 is 14.6 Å². The maximum Gasteiger partial charge on any atom is 0.308 e. The van der Waals surface area contributed by atoms with Crippen molar-refractivity contribution in [3.8, 4) is 5.88 Å². The third kappa shape index (κ3) is 2.64. The van der Waals surface area contributed by atoms with E-state index in [1.807, 2.05) is 0 Å². The first kappa shape index (κ1) is 11.6. The minimum Gasteiger partial charge on any atom is -0.481 e. The number of methoxy groups -OCH3 is 1. The third-order valence-electron chi connectivity index (χ3n) is 2.99. The first-order valence-corrected chi connectivity index (χ1v) is 5.56. The fourth-order valence-corrected chi connectivity index (χ4v) is 2.13. The fourth-order valence-electron chi connectivity index (χ4n) is 2.13. The lowest BCUT2D eigenvalue weighted by Gasteiger charge is -2.17. The van der Waals surface area contributed by atoms with Crippen LogP contribution >= 0.6 is 0 Å². The first-order valence-electron chi connectivity index (χ1n) is 5.56. The van der Waals surface area contributed by atoms with Crippen molar-refractivity contribution in [2.24, 2.45) is 5.92 Å².